The summed E-state index contributed by atoms with van der Waals surface area (Å²) in [6.07, 6.45) is 7.49. The number of aromatic nitrogens is 1. The Labute approximate surface area is 140 Å². The van der Waals surface area contributed by atoms with E-state index in [1.165, 1.54) is 25.7 Å². The highest BCUT2D eigenvalue weighted by atomic mass is 16.6. The van der Waals surface area contributed by atoms with Crippen LogP contribution in [0, 0.1) is 0 Å². The number of ether oxygens (including phenoxy) is 1. The molecule has 1 atom stereocenters. The van der Waals surface area contributed by atoms with Crippen LogP contribution in [-0.2, 0) is 4.74 Å². The van der Waals surface area contributed by atoms with Crippen LogP contribution in [0.1, 0.15) is 66.7 Å². The first-order chi connectivity index (χ1) is 10.8. The van der Waals surface area contributed by atoms with Crippen molar-refractivity contribution in [2.75, 3.05) is 10.6 Å². The molecule has 5 heteroatoms. The maximum atomic E-state index is 11.7. The second-order valence-electron chi connectivity index (χ2n) is 6.95. The number of nitrogens with zero attached hydrogens (tertiary/aromatic N) is 1. The highest BCUT2D eigenvalue weighted by Gasteiger charge is 2.16. The number of hydrogen-bond acceptors (Lipinski definition) is 4. The Morgan fingerprint density at radius 1 is 1.26 bits per heavy atom. The summed E-state index contributed by atoms with van der Waals surface area (Å²) in [7, 11) is 0. The summed E-state index contributed by atoms with van der Waals surface area (Å²) in [5.74, 6) is 0.486. The molecule has 0 spiro atoms. The molecule has 2 N–H and O–H groups in total. The molecule has 1 aromatic heterocycles. The lowest BCUT2D eigenvalue weighted by Gasteiger charge is -2.19. The summed E-state index contributed by atoms with van der Waals surface area (Å²) in [4.78, 5) is 15.9. The largest absolute Gasteiger partial charge is 0.444 e. The Morgan fingerprint density at radius 3 is 2.57 bits per heavy atom. The van der Waals surface area contributed by atoms with Crippen molar-refractivity contribution in [3.63, 3.8) is 0 Å². The summed E-state index contributed by atoms with van der Waals surface area (Å²) in [5, 5.41) is 6.06. The van der Waals surface area contributed by atoms with E-state index in [1.807, 2.05) is 26.8 Å². The van der Waals surface area contributed by atoms with Crippen LogP contribution >= 0.6 is 0 Å². The SMILES string of the molecule is CCCCCCC(C)Nc1ccc(NC(=O)OC(C)(C)C)nc1. The number of pyridine rings is 1. The van der Waals surface area contributed by atoms with Crippen molar-refractivity contribution in [1.82, 2.24) is 4.98 Å². The van der Waals surface area contributed by atoms with Gasteiger partial charge in [-0.3, -0.25) is 5.32 Å². The molecule has 0 saturated heterocycles. The average molecular weight is 321 g/mol. The molecule has 1 unspecified atom stereocenters. The van der Waals surface area contributed by atoms with Crippen LogP contribution in [-0.4, -0.2) is 22.7 Å². The van der Waals surface area contributed by atoms with Gasteiger partial charge < -0.3 is 10.1 Å². The van der Waals surface area contributed by atoms with Gasteiger partial charge in [0.15, 0.2) is 0 Å². The molecule has 0 fully saturated rings. The fraction of sp³-hybridized carbons (Fsp3) is 0.667. The van der Waals surface area contributed by atoms with Crippen LogP contribution in [0.5, 0.6) is 0 Å². The molecule has 1 rings (SSSR count). The fourth-order valence-corrected chi connectivity index (χ4v) is 2.20. The van der Waals surface area contributed by atoms with Crippen LogP contribution in [0.15, 0.2) is 18.3 Å². The molecule has 0 aliphatic heterocycles. The lowest BCUT2D eigenvalue weighted by molar-refractivity contribution is 0.0635. The number of carbonyl (C=O) groups is 1. The van der Waals surface area contributed by atoms with Crippen LogP contribution in [0.3, 0.4) is 0 Å². The summed E-state index contributed by atoms with van der Waals surface area (Å²) in [5.41, 5.74) is 0.446. The maximum absolute atomic E-state index is 11.7. The molecule has 0 bridgehead atoms. The van der Waals surface area contributed by atoms with E-state index in [0.717, 1.165) is 12.1 Å². The van der Waals surface area contributed by atoms with E-state index in [4.69, 9.17) is 4.74 Å². The van der Waals surface area contributed by atoms with Gasteiger partial charge >= 0.3 is 6.09 Å². The molecule has 0 saturated carbocycles. The quantitative estimate of drug-likeness (QED) is 0.646. The molecule has 0 aliphatic carbocycles. The van der Waals surface area contributed by atoms with E-state index < -0.39 is 11.7 Å². The molecular weight excluding hydrogens is 290 g/mol. The zero-order valence-corrected chi connectivity index (χ0v) is 15.1. The van der Waals surface area contributed by atoms with Crippen molar-refractivity contribution in [3.05, 3.63) is 18.3 Å². The van der Waals surface area contributed by atoms with E-state index in [9.17, 15) is 4.79 Å². The molecule has 1 heterocycles. The molecule has 0 aliphatic rings. The second kappa shape index (κ2) is 9.38. The van der Waals surface area contributed by atoms with Gasteiger partial charge in [0.05, 0.1) is 11.9 Å². The van der Waals surface area contributed by atoms with E-state index in [1.54, 1.807) is 12.3 Å². The maximum Gasteiger partial charge on any atom is 0.413 e. The zero-order valence-electron chi connectivity index (χ0n) is 15.1. The van der Waals surface area contributed by atoms with Gasteiger partial charge in [-0.2, -0.15) is 0 Å². The van der Waals surface area contributed by atoms with Crippen LogP contribution in [0.4, 0.5) is 16.3 Å². The normalized spacial score (nSPS) is 12.6. The highest BCUT2D eigenvalue weighted by Crippen LogP contribution is 2.15. The first-order valence-electron chi connectivity index (χ1n) is 8.52. The molecule has 1 amide bonds. The van der Waals surface area contributed by atoms with Gasteiger partial charge in [0, 0.05) is 6.04 Å². The van der Waals surface area contributed by atoms with Gasteiger partial charge in [-0.25, -0.2) is 9.78 Å². The van der Waals surface area contributed by atoms with Crippen molar-refractivity contribution in [3.8, 4) is 0 Å². The fourth-order valence-electron chi connectivity index (χ4n) is 2.20. The summed E-state index contributed by atoms with van der Waals surface area (Å²) in [6.45, 7) is 9.89. The minimum absolute atomic E-state index is 0.415. The molecule has 1 aromatic rings. The number of rotatable bonds is 8. The van der Waals surface area contributed by atoms with Crippen LogP contribution in [0.25, 0.3) is 0 Å². The lowest BCUT2D eigenvalue weighted by Crippen LogP contribution is -2.27. The minimum Gasteiger partial charge on any atom is -0.444 e. The van der Waals surface area contributed by atoms with Gasteiger partial charge in [-0.15, -0.1) is 0 Å². The third-order valence-electron chi connectivity index (χ3n) is 3.30. The highest BCUT2D eigenvalue weighted by molar-refractivity contribution is 5.83. The second-order valence-corrected chi connectivity index (χ2v) is 6.95. The van der Waals surface area contributed by atoms with Crippen LogP contribution < -0.4 is 10.6 Å². The predicted molar refractivity (Wildman–Crippen MR) is 95.9 cm³/mol. The Kier molecular flexibility index (Phi) is 7.86. The number of carbonyl (C=O) groups excluding carboxylic acids is 1. The molecule has 0 radical (unpaired) electrons. The topological polar surface area (TPSA) is 63.2 Å². The summed E-state index contributed by atoms with van der Waals surface area (Å²) >= 11 is 0. The molecule has 23 heavy (non-hydrogen) atoms. The van der Waals surface area contributed by atoms with Crippen molar-refractivity contribution < 1.29 is 9.53 Å². The van der Waals surface area contributed by atoms with Crippen molar-refractivity contribution in [2.45, 2.75) is 78.4 Å². The van der Waals surface area contributed by atoms with E-state index >= 15 is 0 Å². The third kappa shape index (κ3) is 9.06. The van der Waals surface area contributed by atoms with Crippen LogP contribution in [0.2, 0.25) is 0 Å². The Morgan fingerprint density at radius 2 is 2.00 bits per heavy atom. The predicted octanol–water partition coefficient (Wildman–Crippen LogP) is 5.20. The number of amides is 1. The number of anilines is 2. The molecule has 130 valence electrons. The first kappa shape index (κ1) is 19.3. The summed E-state index contributed by atoms with van der Waals surface area (Å²) in [6, 6.07) is 4.11. The van der Waals surface area contributed by atoms with Gasteiger partial charge in [0.25, 0.3) is 0 Å². The number of nitrogens with one attached hydrogen (secondary N) is 2. The van der Waals surface area contributed by atoms with Gasteiger partial charge in [-0.05, 0) is 46.2 Å². The van der Waals surface area contributed by atoms with Gasteiger partial charge in [0.1, 0.15) is 11.4 Å². The van der Waals surface area contributed by atoms with E-state index in [2.05, 4.69) is 29.5 Å². The van der Waals surface area contributed by atoms with Crippen molar-refractivity contribution >= 4 is 17.6 Å². The smallest absolute Gasteiger partial charge is 0.413 e. The minimum atomic E-state index is -0.515. The van der Waals surface area contributed by atoms with Crippen molar-refractivity contribution in [2.24, 2.45) is 0 Å². The standard InChI is InChI=1S/C18H31N3O2/c1-6-7-8-9-10-14(2)20-15-11-12-16(19-13-15)21-17(22)23-18(3,4)5/h11-14,20H,6-10H2,1-5H3,(H,19,21,22). The van der Waals surface area contributed by atoms with E-state index in [-0.39, 0.29) is 0 Å². The third-order valence-corrected chi connectivity index (χ3v) is 3.30. The average Bonchev–Trinajstić information content (AvgIpc) is 2.44. The Bertz CT molecular complexity index is 466. The Balaban J connectivity index is 2.39. The Hall–Kier alpha value is -1.78. The monoisotopic (exact) mass is 321 g/mol. The molecule has 5 nitrogen and oxygen atoms in total. The van der Waals surface area contributed by atoms with E-state index in [0.29, 0.717) is 11.9 Å². The first-order valence-corrected chi connectivity index (χ1v) is 8.52. The molecule has 0 aromatic carbocycles. The number of unbranched alkanes of at least 4 members (excludes halogenated alkanes) is 3. The van der Waals surface area contributed by atoms with Crippen molar-refractivity contribution in [1.29, 1.82) is 0 Å². The lowest BCUT2D eigenvalue weighted by atomic mass is 10.1. The summed E-state index contributed by atoms with van der Waals surface area (Å²) < 4.78 is 5.19. The molecular formula is C18H31N3O2. The number of hydrogen-bond donors (Lipinski definition) is 2. The van der Waals surface area contributed by atoms with Gasteiger partial charge in [-0.1, -0.05) is 32.6 Å². The van der Waals surface area contributed by atoms with Gasteiger partial charge in [0.2, 0.25) is 0 Å². The zero-order chi connectivity index (χ0) is 17.3.